The zero-order valence-corrected chi connectivity index (χ0v) is 8.99. The number of hydrogen-bond acceptors (Lipinski definition) is 2. The first-order valence-corrected chi connectivity index (χ1v) is 7.14. The van der Waals surface area contributed by atoms with Crippen molar-refractivity contribution in [2.45, 2.75) is 32.9 Å². The standard InChI is InChI=1S/C6H13F3N2OSi/c1-5(12)10-11(6(7,8)9)13(2,3)4/h1-4H3,(H,10,12). The van der Waals surface area contributed by atoms with Gasteiger partial charge in [0, 0.05) is 6.92 Å². The fraction of sp³-hybridized carbons (Fsp3) is 0.833. The first kappa shape index (κ1) is 12.4. The number of rotatable bonds is 2. The van der Waals surface area contributed by atoms with Crippen LogP contribution in [0.4, 0.5) is 13.2 Å². The summed E-state index contributed by atoms with van der Waals surface area (Å²) in [5.41, 5.74) is 1.79. The number of alkyl halides is 3. The number of carbonyl (C=O) groups excluding carboxylic acids is 1. The van der Waals surface area contributed by atoms with E-state index in [1.54, 1.807) is 5.43 Å². The number of amides is 1. The Morgan fingerprint density at radius 1 is 1.31 bits per heavy atom. The quantitative estimate of drug-likeness (QED) is 0.431. The molecule has 1 amide bonds. The molecule has 0 atom stereocenters. The molecular weight excluding hydrogens is 201 g/mol. The van der Waals surface area contributed by atoms with E-state index in [0.717, 1.165) is 6.92 Å². The molecule has 0 fully saturated rings. The van der Waals surface area contributed by atoms with E-state index in [1.807, 2.05) is 0 Å². The van der Waals surface area contributed by atoms with Gasteiger partial charge in [0.1, 0.15) is 0 Å². The zero-order chi connectivity index (χ0) is 10.9. The lowest BCUT2D eigenvalue weighted by molar-refractivity contribution is -0.231. The van der Waals surface area contributed by atoms with Crippen molar-refractivity contribution < 1.29 is 18.0 Å². The number of carbonyl (C=O) groups is 1. The van der Waals surface area contributed by atoms with E-state index in [0.29, 0.717) is 0 Å². The average Bonchev–Trinajstić information content (AvgIpc) is 1.77. The van der Waals surface area contributed by atoms with Crippen LogP contribution < -0.4 is 5.43 Å². The molecule has 0 aromatic carbocycles. The highest BCUT2D eigenvalue weighted by molar-refractivity contribution is 6.73. The van der Waals surface area contributed by atoms with Crippen LogP contribution in [0.2, 0.25) is 19.6 Å². The summed E-state index contributed by atoms with van der Waals surface area (Å²) in [5, 5.41) is 0. The number of halogens is 3. The van der Waals surface area contributed by atoms with Gasteiger partial charge in [-0.2, -0.15) is 17.8 Å². The van der Waals surface area contributed by atoms with Gasteiger partial charge >= 0.3 is 6.30 Å². The Hall–Kier alpha value is -0.563. The van der Waals surface area contributed by atoms with Crippen LogP contribution in [0, 0.1) is 0 Å². The summed E-state index contributed by atoms with van der Waals surface area (Å²) in [7, 11) is -2.61. The predicted octanol–water partition coefficient (Wildman–Crippen LogP) is 1.69. The maximum atomic E-state index is 12.3. The molecule has 0 aromatic heterocycles. The molecule has 0 saturated carbocycles. The van der Waals surface area contributed by atoms with Crippen LogP contribution in [0.25, 0.3) is 0 Å². The van der Waals surface area contributed by atoms with Crippen LogP contribution in [-0.4, -0.2) is 25.1 Å². The molecule has 1 N–H and O–H groups in total. The largest absolute Gasteiger partial charge is 0.470 e. The average molecular weight is 214 g/mol. The summed E-state index contributed by atoms with van der Waals surface area (Å²) in [5.74, 6) is -0.709. The van der Waals surface area contributed by atoms with Crippen LogP contribution in [0.3, 0.4) is 0 Å². The fourth-order valence-corrected chi connectivity index (χ4v) is 2.02. The summed E-state index contributed by atoms with van der Waals surface area (Å²) in [6, 6.07) is 0. The normalized spacial score (nSPS) is 13.2. The molecule has 0 bridgehead atoms. The molecule has 0 unspecified atom stereocenters. The van der Waals surface area contributed by atoms with Crippen LogP contribution >= 0.6 is 0 Å². The topological polar surface area (TPSA) is 32.3 Å². The van der Waals surface area contributed by atoms with Crippen LogP contribution in [0.15, 0.2) is 0 Å². The number of nitrogens with one attached hydrogen (secondary N) is 1. The SMILES string of the molecule is CC(=O)NN(C(F)(F)F)[Si](C)(C)C. The second-order valence-electron chi connectivity index (χ2n) is 3.64. The van der Waals surface area contributed by atoms with Crippen LogP contribution in [0.5, 0.6) is 0 Å². The van der Waals surface area contributed by atoms with Gasteiger partial charge in [-0.1, -0.05) is 19.6 Å². The van der Waals surface area contributed by atoms with Gasteiger partial charge in [0.25, 0.3) is 0 Å². The van der Waals surface area contributed by atoms with Gasteiger partial charge in [0.05, 0.1) is 0 Å². The third-order valence-electron chi connectivity index (χ3n) is 1.19. The molecule has 0 spiro atoms. The Balaban J connectivity index is 4.68. The minimum absolute atomic E-state index is 0.113. The van der Waals surface area contributed by atoms with Crippen molar-refractivity contribution in [2.75, 3.05) is 0 Å². The molecule has 0 rings (SSSR count). The van der Waals surface area contributed by atoms with E-state index in [4.69, 9.17) is 0 Å². The molecule has 0 aromatic rings. The second kappa shape index (κ2) is 3.67. The minimum atomic E-state index is -4.50. The van der Waals surface area contributed by atoms with Crippen molar-refractivity contribution in [2.24, 2.45) is 0 Å². The Morgan fingerprint density at radius 3 is 1.77 bits per heavy atom. The Labute approximate surface area is 76.0 Å². The second-order valence-corrected chi connectivity index (χ2v) is 8.43. The molecule has 3 nitrogen and oxygen atoms in total. The molecule has 0 heterocycles. The Morgan fingerprint density at radius 2 is 1.69 bits per heavy atom. The minimum Gasteiger partial charge on any atom is -0.289 e. The summed E-state index contributed by atoms with van der Waals surface area (Å²) in [4.78, 5) is 10.5. The zero-order valence-electron chi connectivity index (χ0n) is 7.99. The third kappa shape index (κ3) is 4.27. The van der Waals surface area contributed by atoms with Crippen LogP contribution in [-0.2, 0) is 4.79 Å². The lowest BCUT2D eigenvalue weighted by atomic mass is 10.8. The van der Waals surface area contributed by atoms with Crippen molar-refractivity contribution in [1.29, 1.82) is 0 Å². The lowest BCUT2D eigenvalue weighted by Gasteiger charge is -2.34. The molecule has 0 radical (unpaired) electrons. The first-order chi connectivity index (χ1) is 5.55. The Kier molecular flexibility index (Phi) is 3.51. The first-order valence-electron chi connectivity index (χ1n) is 3.69. The van der Waals surface area contributed by atoms with E-state index >= 15 is 0 Å². The van der Waals surface area contributed by atoms with Gasteiger partial charge in [0.2, 0.25) is 5.91 Å². The van der Waals surface area contributed by atoms with E-state index in [2.05, 4.69) is 0 Å². The maximum Gasteiger partial charge on any atom is 0.470 e. The summed E-state index contributed by atoms with van der Waals surface area (Å²) >= 11 is 0. The maximum absolute atomic E-state index is 12.3. The molecule has 0 aliphatic carbocycles. The van der Waals surface area contributed by atoms with Crippen molar-refractivity contribution in [3.63, 3.8) is 0 Å². The van der Waals surface area contributed by atoms with Crippen molar-refractivity contribution in [1.82, 2.24) is 10.1 Å². The summed E-state index contributed by atoms with van der Waals surface area (Å²) in [6.45, 7) is 5.54. The van der Waals surface area contributed by atoms with Gasteiger partial charge in [0.15, 0.2) is 8.24 Å². The van der Waals surface area contributed by atoms with Crippen molar-refractivity contribution in [3.8, 4) is 0 Å². The molecule has 13 heavy (non-hydrogen) atoms. The summed E-state index contributed by atoms with van der Waals surface area (Å²) < 4.78 is 37.1. The molecule has 0 saturated heterocycles. The highest BCUT2D eigenvalue weighted by Gasteiger charge is 2.45. The smallest absolute Gasteiger partial charge is 0.289 e. The van der Waals surface area contributed by atoms with E-state index in [9.17, 15) is 18.0 Å². The number of hydrazine groups is 1. The molecular formula is C6H13F3N2OSi. The van der Waals surface area contributed by atoms with Gasteiger partial charge in [-0.15, -0.1) is 0 Å². The van der Waals surface area contributed by atoms with E-state index < -0.39 is 20.4 Å². The monoisotopic (exact) mass is 214 g/mol. The molecule has 0 aliphatic rings. The third-order valence-corrected chi connectivity index (χ3v) is 2.90. The van der Waals surface area contributed by atoms with E-state index in [-0.39, 0.29) is 4.67 Å². The van der Waals surface area contributed by atoms with Crippen molar-refractivity contribution >= 4 is 14.1 Å². The highest BCUT2D eigenvalue weighted by Crippen LogP contribution is 2.24. The highest BCUT2D eigenvalue weighted by atomic mass is 28.3. The van der Waals surface area contributed by atoms with Gasteiger partial charge in [-0.25, -0.2) is 0 Å². The predicted molar refractivity (Wildman–Crippen MR) is 45.1 cm³/mol. The molecule has 0 aliphatic heterocycles. The van der Waals surface area contributed by atoms with Gasteiger partial charge in [-0.05, 0) is 0 Å². The fourth-order valence-electron chi connectivity index (χ4n) is 0.769. The molecule has 78 valence electrons. The van der Waals surface area contributed by atoms with Crippen LogP contribution in [0.1, 0.15) is 6.92 Å². The Bertz CT molecular complexity index is 185. The molecule has 7 heteroatoms. The van der Waals surface area contributed by atoms with Gasteiger partial charge in [-0.3, -0.25) is 10.2 Å². The summed E-state index contributed by atoms with van der Waals surface area (Å²) in [6.07, 6.45) is -4.50. The lowest BCUT2D eigenvalue weighted by Crippen LogP contribution is -2.62. The number of hydrogen-bond donors (Lipinski definition) is 1. The van der Waals surface area contributed by atoms with Crippen molar-refractivity contribution in [3.05, 3.63) is 0 Å². The number of nitrogens with zero attached hydrogens (tertiary/aromatic N) is 1. The van der Waals surface area contributed by atoms with Gasteiger partial charge < -0.3 is 0 Å². The van der Waals surface area contributed by atoms with E-state index in [1.165, 1.54) is 19.6 Å².